The van der Waals surface area contributed by atoms with Crippen LogP contribution in [0.3, 0.4) is 0 Å². The lowest BCUT2D eigenvalue weighted by Crippen LogP contribution is -2.19. The van der Waals surface area contributed by atoms with Crippen molar-refractivity contribution in [1.82, 2.24) is 0 Å². The lowest BCUT2D eigenvalue weighted by atomic mass is 10.0. The average molecular weight is 435 g/mol. The van der Waals surface area contributed by atoms with Crippen molar-refractivity contribution in [3.05, 3.63) is 76.2 Å². The summed E-state index contributed by atoms with van der Waals surface area (Å²) in [4.78, 5) is 27.3. The van der Waals surface area contributed by atoms with E-state index in [4.69, 9.17) is 4.74 Å². The fourth-order valence-electron chi connectivity index (χ4n) is 3.96. The minimum absolute atomic E-state index is 0.117. The molecule has 0 fully saturated rings. The Bertz CT molecular complexity index is 1080. The zero-order valence-electron chi connectivity index (χ0n) is 17.6. The van der Waals surface area contributed by atoms with Crippen molar-refractivity contribution >= 4 is 33.8 Å². The van der Waals surface area contributed by atoms with E-state index in [1.165, 1.54) is 16.2 Å². The number of carbonyl (C=O) groups excluding carboxylic acids is 2. The maximum atomic E-state index is 13.4. The highest BCUT2D eigenvalue weighted by Gasteiger charge is 2.26. The van der Waals surface area contributed by atoms with Crippen LogP contribution in [-0.4, -0.2) is 18.9 Å². The number of para-hydroxylation sites is 2. The summed E-state index contributed by atoms with van der Waals surface area (Å²) in [6.07, 6.45) is 5.40. The Balaban J connectivity index is 1.62. The van der Waals surface area contributed by atoms with Gasteiger partial charge in [-0.25, -0.2) is 0 Å². The van der Waals surface area contributed by atoms with Crippen LogP contribution in [0, 0.1) is 0 Å². The second kappa shape index (κ2) is 9.79. The van der Waals surface area contributed by atoms with Crippen LogP contribution in [0.5, 0.6) is 5.75 Å². The molecule has 1 aliphatic rings. The average Bonchev–Trinajstić information content (AvgIpc) is 2.95. The molecular formula is C25H26N2O3S. The number of benzene rings is 2. The predicted molar refractivity (Wildman–Crippen MR) is 125 cm³/mol. The van der Waals surface area contributed by atoms with Gasteiger partial charge in [0.25, 0.3) is 5.91 Å². The van der Waals surface area contributed by atoms with Crippen molar-refractivity contribution < 1.29 is 14.3 Å². The van der Waals surface area contributed by atoms with Crippen molar-refractivity contribution in [2.45, 2.75) is 38.5 Å². The van der Waals surface area contributed by atoms with Crippen molar-refractivity contribution in [2.75, 3.05) is 17.7 Å². The van der Waals surface area contributed by atoms with Crippen LogP contribution in [0.2, 0.25) is 0 Å². The summed E-state index contributed by atoms with van der Waals surface area (Å²) in [6, 6.07) is 17.0. The number of hydrogen-bond donors (Lipinski definition) is 2. The van der Waals surface area contributed by atoms with E-state index in [1.807, 2.05) is 54.6 Å². The smallest absolute Gasteiger partial charge is 0.259 e. The lowest BCUT2D eigenvalue weighted by Gasteiger charge is -2.12. The van der Waals surface area contributed by atoms with E-state index in [0.717, 1.165) is 43.2 Å². The Morgan fingerprint density at radius 3 is 2.48 bits per heavy atom. The molecule has 2 aromatic carbocycles. The van der Waals surface area contributed by atoms with E-state index in [9.17, 15) is 9.59 Å². The zero-order valence-corrected chi connectivity index (χ0v) is 18.4. The summed E-state index contributed by atoms with van der Waals surface area (Å²) in [5, 5.41) is 6.65. The molecule has 6 heteroatoms. The SMILES string of the molecule is COc1ccccc1NC(=O)c1c(NC(=O)Cc2ccccc2)sc2c1CCCCC2. The molecule has 1 aromatic heterocycles. The van der Waals surface area contributed by atoms with E-state index in [0.29, 0.717) is 22.0 Å². The van der Waals surface area contributed by atoms with Crippen molar-refractivity contribution in [3.8, 4) is 5.75 Å². The van der Waals surface area contributed by atoms with Gasteiger partial charge in [-0.3, -0.25) is 9.59 Å². The molecule has 0 spiro atoms. The second-order valence-electron chi connectivity index (χ2n) is 7.63. The molecule has 0 aliphatic heterocycles. The third-order valence-electron chi connectivity index (χ3n) is 5.46. The minimum Gasteiger partial charge on any atom is -0.495 e. The highest BCUT2D eigenvalue weighted by atomic mass is 32.1. The molecule has 160 valence electrons. The van der Waals surface area contributed by atoms with Gasteiger partial charge >= 0.3 is 0 Å². The molecule has 2 amide bonds. The van der Waals surface area contributed by atoms with Gasteiger partial charge in [0.15, 0.2) is 0 Å². The monoisotopic (exact) mass is 434 g/mol. The van der Waals surface area contributed by atoms with E-state index < -0.39 is 0 Å². The number of rotatable bonds is 6. The molecule has 4 rings (SSSR count). The van der Waals surface area contributed by atoms with Crippen LogP contribution in [-0.2, 0) is 24.1 Å². The number of fused-ring (bicyclic) bond motifs is 1. The standard InChI is InChI=1S/C25H26N2O3S/c1-30-20-14-9-8-13-19(20)26-24(29)23-18-12-6-3-7-15-21(18)31-25(23)27-22(28)16-17-10-4-2-5-11-17/h2,4-5,8-11,13-14H,3,6-7,12,15-16H2,1H3,(H,26,29)(H,27,28). The van der Waals surface area contributed by atoms with Crippen LogP contribution in [0.1, 0.15) is 45.6 Å². The molecule has 5 nitrogen and oxygen atoms in total. The van der Waals surface area contributed by atoms with Crippen molar-refractivity contribution in [3.63, 3.8) is 0 Å². The van der Waals surface area contributed by atoms with Crippen LogP contribution in [0.15, 0.2) is 54.6 Å². The Labute approximate surface area is 186 Å². The Kier molecular flexibility index (Phi) is 6.67. The van der Waals surface area contributed by atoms with Crippen LogP contribution < -0.4 is 15.4 Å². The predicted octanol–water partition coefficient (Wildman–Crippen LogP) is 5.46. The summed E-state index contributed by atoms with van der Waals surface area (Å²) in [5.74, 6) is 0.277. The van der Waals surface area contributed by atoms with Gasteiger partial charge in [0.05, 0.1) is 24.8 Å². The second-order valence-corrected chi connectivity index (χ2v) is 8.74. The van der Waals surface area contributed by atoms with E-state index in [-0.39, 0.29) is 18.2 Å². The third kappa shape index (κ3) is 4.97. The molecular weight excluding hydrogens is 408 g/mol. The first-order valence-corrected chi connectivity index (χ1v) is 11.4. The third-order valence-corrected chi connectivity index (χ3v) is 6.67. The number of carbonyl (C=O) groups is 2. The van der Waals surface area contributed by atoms with Gasteiger partial charge in [-0.05, 0) is 48.9 Å². The van der Waals surface area contributed by atoms with Gasteiger partial charge in [0, 0.05) is 4.88 Å². The largest absolute Gasteiger partial charge is 0.495 e. The number of methoxy groups -OCH3 is 1. The maximum absolute atomic E-state index is 13.4. The number of nitrogens with one attached hydrogen (secondary N) is 2. The molecule has 1 heterocycles. The summed E-state index contributed by atoms with van der Waals surface area (Å²) in [7, 11) is 1.58. The van der Waals surface area contributed by atoms with E-state index in [1.54, 1.807) is 7.11 Å². The molecule has 0 saturated heterocycles. The Hall–Kier alpha value is -3.12. The molecule has 0 radical (unpaired) electrons. The molecule has 2 N–H and O–H groups in total. The zero-order chi connectivity index (χ0) is 21.6. The quantitative estimate of drug-likeness (QED) is 0.506. The first kappa shape index (κ1) is 21.1. The van der Waals surface area contributed by atoms with E-state index in [2.05, 4.69) is 10.6 Å². The Morgan fingerprint density at radius 1 is 0.935 bits per heavy atom. The van der Waals surface area contributed by atoms with Gasteiger partial charge in [0.2, 0.25) is 5.91 Å². The van der Waals surface area contributed by atoms with Crippen LogP contribution >= 0.6 is 11.3 Å². The highest BCUT2D eigenvalue weighted by molar-refractivity contribution is 7.17. The molecule has 0 saturated carbocycles. The maximum Gasteiger partial charge on any atom is 0.259 e. The van der Waals surface area contributed by atoms with Crippen LogP contribution in [0.4, 0.5) is 10.7 Å². The fourth-order valence-corrected chi connectivity index (χ4v) is 5.26. The van der Waals surface area contributed by atoms with Crippen LogP contribution in [0.25, 0.3) is 0 Å². The van der Waals surface area contributed by atoms with Gasteiger partial charge in [-0.15, -0.1) is 11.3 Å². The van der Waals surface area contributed by atoms with Gasteiger partial charge < -0.3 is 15.4 Å². The number of hydrogen-bond acceptors (Lipinski definition) is 4. The molecule has 0 unspecified atom stereocenters. The Morgan fingerprint density at radius 2 is 1.68 bits per heavy atom. The summed E-state index contributed by atoms with van der Waals surface area (Å²) in [6.45, 7) is 0. The molecule has 0 bridgehead atoms. The van der Waals surface area contributed by atoms with Crippen molar-refractivity contribution in [2.24, 2.45) is 0 Å². The number of amides is 2. The lowest BCUT2D eigenvalue weighted by molar-refractivity contribution is -0.115. The van der Waals surface area contributed by atoms with Gasteiger partial charge in [0.1, 0.15) is 10.8 Å². The highest BCUT2D eigenvalue weighted by Crippen LogP contribution is 2.38. The number of anilines is 2. The molecule has 31 heavy (non-hydrogen) atoms. The number of aryl methyl sites for hydroxylation is 1. The normalized spacial score (nSPS) is 13.1. The first-order valence-electron chi connectivity index (χ1n) is 10.6. The summed E-state index contributed by atoms with van der Waals surface area (Å²) in [5.41, 5.74) is 3.22. The molecule has 0 atom stereocenters. The number of thiophene rings is 1. The first-order chi connectivity index (χ1) is 15.2. The minimum atomic E-state index is -0.209. The van der Waals surface area contributed by atoms with Gasteiger partial charge in [-0.2, -0.15) is 0 Å². The topological polar surface area (TPSA) is 67.4 Å². The summed E-state index contributed by atoms with van der Waals surface area (Å²) < 4.78 is 5.38. The molecule has 3 aromatic rings. The molecule has 1 aliphatic carbocycles. The fraction of sp³-hybridized carbons (Fsp3) is 0.280. The summed E-state index contributed by atoms with van der Waals surface area (Å²) >= 11 is 1.54. The van der Waals surface area contributed by atoms with E-state index >= 15 is 0 Å². The van der Waals surface area contributed by atoms with Gasteiger partial charge in [-0.1, -0.05) is 48.9 Å². The van der Waals surface area contributed by atoms with Crippen molar-refractivity contribution in [1.29, 1.82) is 0 Å². The number of ether oxygens (including phenoxy) is 1.